The Hall–Kier alpha value is -3.33. The van der Waals surface area contributed by atoms with Crippen LogP contribution in [0.4, 0.5) is 0 Å². The van der Waals surface area contributed by atoms with E-state index in [1.807, 2.05) is 0 Å². The van der Waals surface area contributed by atoms with Gasteiger partial charge in [0.05, 0.1) is 0 Å². The largest absolute Gasteiger partial charge is 0.358 e. The van der Waals surface area contributed by atoms with Crippen molar-refractivity contribution in [2.45, 2.75) is 25.9 Å². The quantitative estimate of drug-likeness (QED) is 0.261. The molecule has 1 unspecified atom stereocenters. The Labute approximate surface area is 202 Å². The molecule has 0 spiro atoms. The van der Waals surface area contributed by atoms with Crippen molar-refractivity contribution in [3.05, 3.63) is 132 Å². The molecule has 33 heavy (non-hydrogen) atoms. The lowest BCUT2D eigenvalue weighted by molar-refractivity contribution is 0.531. The molecule has 1 atom stereocenters. The highest BCUT2D eigenvalue weighted by molar-refractivity contribution is 5.89. The van der Waals surface area contributed by atoms with Gasteiger partial charge in [-0.1, -0.05) is 97.1 Å². The third kappa shape index (κ3) is 5.19. The highest BCUT2D eigenvalue weighted by atomic mass is 35.5. The first-order chi connectivity index (χ1) is 15.8. The molecule has 0 aliphatic carbocycles. The van der Waals surface area contributed by atoms with E-state index in [1.165, 1.54) is 44.4 Å². The highest BCUT2D eigenvalue weighted by Gasteiger charge is 2.17. The van der Waals surface area contributed by atoms with Gasteiger partial charge < -0.3 is 10.3 Å². The molecule has 2 N–H and O–H groups in total. The number of aromatic amines is 1. The molecule has 0 saturated heterocycles. The Balaban J connectivity index is 0.00000259. The zero-order chi connectivity index (χ0) is 21.8. The van der Waals surface area contributed by atoms with Gasteiger partial charge in [0.15, 0.2) is 0 Å². The first-order valence-electron chi connectivity index (χ1n) is 11.3. The van der Waals surface area contributed by atoms with Crippen molar-refractivity contribution < 1.29 is 0 Å². The predicted octanol–water partition coefficient (Wildman–Crippen LogP) is 7.64. The van der Waals surface area contributed by atoms with Crippen LogP contribution in [-0.2, 0) is 13.0 Å². The van der Waals surface area contributed by atoms with Crippen LogP contribution < -0.4 is 5.32 Å². The molecule has 0 fully saturated rings. The molecule has 5 rings (SSSR count). The van der Waals surface area contributed by atoms with E-state index in [2.05, 4.69) is 126 Å². The van der Waals surface area contributed by atoms with Crippen LogP contribution in [0.15, 0.2) is 109 Å². The SMILES string of the molecule is Cc1[nH]c2ccc(-c3ccccc3)cc2c1CC(NCc1ccccc1)c1ccccc1.Cl. The summed E-state index contributed by atoms with van der Waals surface area (Å²) in [5.41, 5.74) is 8.95. The molecule has 1 aromatic heterocycles. The number of halogens is 1. The lowest BCUT2D eigenvalue weighted by Gasteiger charge is -2.20. The number of aryl methyl sites for hydroxylation is 1. The van der Waals surface area contributed by atoms with Crippen molar-refractivity contribution in [3.63, 3.8) is 0 Å². The number of benzene rings is 4. The molecule has 0 amide bonds. The Bertz CT molecular complexity index is 1290. The molecule has 0 saturated carbocycles. The van der Waals surface area contributed by atoms with E-state index in [4.69, 9.17) is 0 Å². The maximum Gasteiger partial charge on any atom is 0.0459 e. The van der Waals surface area contributed by atoms with Crippen LogP contribution in [0.1, 0.15) is 28.4 Å². The van der Waals surface area contributed by atoms with E-state index < -0.39 is 0 Å². The van der Waals surface area contributed by atoms with E-state index in [0.717, 1.165) is 13.0 Å². The van der Waals surface area contributed by atoms with Gasteiger partial charge in [0.25, 0.3) is 0 Å². The van der Waals surface area contributed by atoms with E-state index in [9.17, 15) is 0 Å². The normalized spacial score (nSPS) is 11.8. The topological polar surface area (TPSA) is 27.8 Å². The number of nitrogens with one attached hydrogen (secondary N) is 2. The number of rotatable bonds is 7. The van der Waals surface area contributed by atoms with Crippen molar-refractivity contribution in [1.82, 2.24) is 10.3 Å². The first-order valence-corrected chi connectivity index (χ1v) is 11.3. The maximum absolute atomic E-state index is 3.81. The van der Waals surface area contributed by atoms with Crippen LogP contribution >= 0.6 is 12.4 Å². The summed E-state index contributed by atoms with van der Waals surface area (Å²) in [6, 6.07) is 39.0. The first kappa shape index (κ1) is 22.8. The molecule has 1 heterocycles. The van der Waals surface area contributed by atoms with Crippen LogP contribution in [0, 0.1) is 6.92 Å². The maximum atomic E-state index is 3.81. The molecule has 0 aliphatic rings. The molecule has 5 aromatic rings. The summed E-state index contributed by atoms with van der Waals surface area (Å²) in [6.45, 7) is 3.04. The van der Waals surface area contributed by atoms with Gasteiger partial charge in [0, 0.05) is 29.2 Å². The van der Waals surface area contributed by atoms with Crippen LogP contribution in [-0.4, -0.2) is 4.98 Å². The molecule has 0 bridgehead atoms. The predicted molar refractivity (Wildman–Crippen MR) is 142 cm³/mol. The van der Waals surface area contributed by atoms with E-state index >= 15 is 0 Å². The zero-order valence-corrected chi connectivity index (χ0v) is 19.6. The van der Waals surface area contributed by atoms with Gasteiger partial charge in [0.1, 0.15) is 0 Å². The van der Waals surface area contributed by atoms with Gasteiger partial charge in [-0.05, 0) is 53.3 Å². The third-order valence-electron chi connectivity index (χ3n) is 6.23. The molecule has 0 radical (unpaired) electrons. The van der Waals surface area contributed by atoms with Gasteiger partial charge in [-0.15, -0.1) is 12.4 Å². The van der Waals surface area contributed by atoms with E-state index in [0.29, 0.717) is 0 Å². The summed E-state index contributed by atoms with van der Waals surface area (Å²) in [4.78, 5) is 3.61. The second-order valence-corrected chi connectivity index (χ2v) is 8.39. The second-order valence-electron chi connectivity index (χ2n) is 8.39. The number of H-pyrrole nitrogens is 1. The number of hydrogen-bond acceptors (Lipinski definition) is 1. The second kappa shape index (κ2) is 10.5. The minimum absolute atomic E-state index is 0. The molecular formula is C30H29ClN2. The van der Waals surface area contributed by atoms with E-state index in [-0.39, 0.29) is 18.4 Å². The van der Waals surface area contributed by atoms with Crippen LogP contribution in [0.2, 0.25) is 0 Å². The van der Waals surface area contributed by atoms with Crippen LogP contribution in [0.25, 0.3) is 22.0 Å². The van der Waals surface area contributed by atoms with Crippen molar-refractivity contribution >= 4 is 23.3 Å². The Morgan fingerprint density at radius 2 is 1.36 bits per heavy atom. The minimum atomic E-state index is 0. The highest BCUT2D eigenvalue weighted by Crippen LogP contribution is 2.31. The van der Waals surface area contributed by atoms with Crippen LogP contribution in [0.5, 0.6) is 0 Å². The van der Waals surface area contributed by atoms with Gasteiger partial charge in [-0.25, -0.2) is 0 Å². The smallest absolute Gasteiger partial charge is 0.0459 e. The van der Waals surface area contributed by atoms with Gasteiger partial charge in [0.2, 0.25) is 0 Å². The summed E-state index contributed by atoms with van der Waals surface area (Å²) in [5, 5.41) is 5.13. The fourth-order valence-electron chi connectivity index (χ4n) is 4.49. The summed E-state index contributed by atoms with van der Waals surface area (Å²) in [5.74, 6) is 0. The monoisotopic (exact) mass is 452 g/mol. The fraction of sp³-hybridized carbons (Fsp3) is 0.133. The average Bonchev–Trinajstić information content (AvgIpc) is 3.17. The summed E-state index contributed by atoms with van der Waals surface area (Å²) in [6.07, 6.45) is 0.931. The fourth-order valence-corrected chi connectivity index (χ4v) is 4.49. The number of hydrogen-bond donors (Lipinski definition) is 2. The molecule has 4 aromatic carbocycles. The standard InChI is InChI=1S/C30H28N2.ClH/c1-22-27(28-19-26(17-18-29(28)32-22)24-13-7-3-8-14-24)20-30(25-15-9-4-10-16-25)31-21-23-11-5-2-6-12-23;/h2-19,30-32H,20-21H2,1H3;1H. The molecule has 166 valence electrons. The van der Waals surface area contributed by atoms with Crippen molar-refractivity contribution in [3.8, 4) is 11.1 Å². The molecule has 0 aliphatic heterocycles. The number of aromatic nitrogens is 1. The zero-order valence-electron chi connectivity index (χ0n) is 18.8. The molecule has 3 heteroatoms. The van der Waals surface area contributed by atoms with Crippen molar-refractivity contribution in [1.29, 1.82) is 0 Å². The summed E-state index contributed by atoms with van der Waals surface area (Å²) < 4.78 is 0. The van der Waals surface area contributed by atoms with Gasteiger partial charge >= 0.3 is 0 Å². The van der Waals surface area contributed by atoms with Gasteiger partial charge in [-0.2, -0.15) is 0 Å². The molecule has 2 nitrogen and oxygen atoms in total. The van der Waals surface area contributed by atoms with Gasteiger partial charge in [-0.3, -0.25) is 0 Å². The molecular weight excluding hydrogens is 424 g/mol. The summed E-state index contributed by atoms with van der Waals surface area (Å²) in [7, 11) is 0. The Morgan fingerprint density at radius 1 is 0.727 bits per heavy atom. The van der Waals surface area contributed by atoms with Crippen molar-refractivity contribution in [2.75, 3.05) is 0 Å². The Morgan fingerprint density at radius 3 is 2.06 bits per heavy atom. The van der Waals surface area contributed by atoms with E-state index in [1.54, 1.807) is 0 Å². The van der Waals surface area contributed by atoms with Crippen LogP contribution in [0.3, 0.4) is 0 Å². The summed E-state index contributed by atoms with van der Waals surface area (Å²) >= 11 is 0. The number of fused-ring (bicyclic) bond motifs is 1. The minimum Gasteiger partial charge on any atom is -0.358 e. The lowest BCUT2D eigenvalue weighted by atomic mass is 9.95. The lowest BCUT2D eigenvalue weighted by Crippen LogP contribution is -2.23. The third-order valence-corrected chi connectivity index (χ3v) is 6.23. The van der Waals surface area contributed by atoms with Crippen molar-refractivity contribution in [2.24, 2.45) is 0 Å². The Kier molecular flexibility index (Phi) is 7.29. The average molecular weight is 453 g/mol.